The maximum Gasteiger partial charge on any atom is 0.319 e. The molecule has 2 aliphatic heterocycles. The molecule has 3 rings (SSSR count). The van der Waals surface area contributed by atoms with E-state index in [0.29, 0.717) is 17.9 Å². The van der Waals surface area contributed by atoms with E-state index in [4.69, 9.17) is 9.47 Å². The number of benzene rings is 1. The lowest BCUT2D eigenvalue weighted by atomic mass is 10.1. The molecule has 2 amide bonds. The van der Waals surface area contributed by atoms with Gasteiger partial charge in [0.2, 0.25) is 0 Å². The molecule has 2 heterocycles. The van der Waals surface area contributed by atoms with Crippen molar-refractivity contribution in [2.24, 2.45) is 0 Å². The van der Waals surface area contributed by atoms with Gasteiger partial charge in [-0.15, -0.1) is 0 Å². The molecule has 0 aliphatic carbocycles. The Morgan fingerprint density at radius 3 is 2.50 bits per heavy atom. The number of carbonyl (C=O) groups excluding carboxylic acids is 2. The van der Waals surface area contributed by atoms with Crippen molar-refractivity contribution < 1.29 is 24.2 Å². The fraction of sp³-hybridized carbons (Fsp3) is 0.467. The zero-order chi connectivity index (χ0) is 15.7. The first-order valence-electron chi connectivity index (χ1n) is 7.14. The van der Waals surface area contributed by atoms with Crippen molar-refractivity contribution in [1.29, 1.82) is 0 Å². The highest BCUT2D eigenvalue weighted by Crippen LogP contribution is 2.26. The van der Waals surface area contributed by atoms with Gasteiger partial charge >= 0.3 is 6.03 Å². The van der Waals surface area contributed by atoms with E-state index < -0.39 is 6.10 Å². The van der Waals surface area contributed by atoms with Crippen molar-refractivity contribution in [2.75, 3.05) is 18.5 Å². The topological polar surface area (TPSA) is 96.9 Å². The Labute approximate surface area is 127 Å². The molecule has 3 N–H and O–H groups in total. The molecule has 22 heavy (non-hydrogen) atoms. The highest BCUT2D eigenvalue weighted by Gasteiger charge is 2.47. The minimum atomic E-state index is -0.640. The second-order valence-electron chi connectivity index (χ2n) is 5.50. The molecule has 2 saturated heterocycles. The molecule has 0 radical (unpaired) electrons. The highest BCUT2D eigenvalue weighted by atomic mass is 16.6. The van der Waals surface area contributed by atoms with Crippen LogP contribution in [0.15, 0.2) is 24.3 Å². The Hall–Kier alpha value is -1.96. The molecular weight excluding hydrogens is 288 g/mol. The Kier molecular flexibility index (Phi) is 4.10. The first-order valence-corrected chi connectivity index (χ1v) is 7.14. The Balaban J connectivity index is 1.55. The average molecular weight is 306 g/mol. The maximum absolute atomic E-state index is 12.0. The number of ether oxygens (including phenoxy) is 2. The zero-order valence-electron chi connectivity index (χ0n) is 12.1. The molecule has 118 valence electrons. The highest BCUT2D eigenvalue weighted by molar-refractivity contribution is 5.95. The van der Waals surface area contributed by atoms with Crippen LogP contribution in [-0.2, 0) is 9.47 Å². The first kappa shape index (κ1) is 15.0. The number of amides is 2. The second-order valence-corrected chi connectivity index (χ2v) is 5.50. The molecule has 1 aromatic rings. The molecule has 1 aromatic carbocycles. The van der Waals surface area contributed by atoms with Crippen LogP contribution in [0.25, 0.3) is 0 Å². The summed E-state index contributed by atoms with van der Waals surface area (Å²) in [6.07, 6.45) is -1.33. The molecule has 0 bridgehead atoms. The number of urea groups is 1. The van der Waals surface area contributed by atoms with E-state index in [1.165, 1.54) is 6.92 Å². The van der Waals surface area contributed by atoms with Crippen LogP contribution in [0, 0.1) is 0 Å². The Morgan fingerprint density at radius 1 is 1.14 bits per heavy atom. The van der Waals surface area contributed by atoms with Crippen LogP contribution in [0.2, 0.25) is 0 Å². The lowest BCUT2D eigenvalue weighted by Crippen LogP contribution is -2.46. The summed E-state index contributed by atoms with van der Waals surface area (Å²) in [6, 6.07) is 5.97. The number of aliphatic hydroxyl groups is 1. The third-order valence-corrected chi connectivity index (χ3v) is 3.89. The van der Waals surface area contributed by atoms with Crippen molar-refractivity contribution in [3.05, 3.63) is 29.8 Å². The maximum atomic E-state index is 12.0. The van der Waals surface area contributed by atoms with Crippen molar-refractivity contribution in [1.82, 2.24) is 5.32 Å². The Morgan fingerprint density at radius 2 is 1.82 bits per heavy atom. The van der Waals surface area contributed by atoms with Gasteiger partial charge in [0, 0.05) is 11.3 Å². The van der Waals surface area contributed by atoms with E-state index in [0.717, 1.165) is 0 Å². The first-order chi connectivity index (χ1) is 10.5. The average Bonchev–Trinajstić information content (AvgIpc) is 3.04. The van der Waals surface area contributed by atoms with Gasteiger partial charge in [-0.3, -0.25) is 4.79 Å². The van der Waals surface area contributed by atoms with Crippen molar-refractivity contribution in [3.8, 4) is 0 Å². The SMILES string of the molecule is CC(=O)c1ccc(NC(=O)NC2COC3C(O)COC23)cc1. The van der Waals surface area contributed by atoms with E-state index in [1.807, 2.05) is 0 Å². The van der Waals surface area contributed by atoms with E-state index in [-0.39, 0.29) is 36.7 Å². The minimum absolute atomic E-state index is 0.0258. The quantitative estimate of drug-likeness (QED) is 0.708. The summed E-state index contributed by atoms with van der Waals surface area (Å²) in [5.41, 5.74) is 1.18. The second kappa shape index (κ2) is 6.04. The van der Waals surface area contributed by atoms with Crippen LogP contribution in [0.1, 0.15) is 17.3 Å². The number of Topliss-reactive ketones (excluding diaryl/α,β-unsaturated/α-hetero) is 1. The predicted octanol–water partition coefficient (Wildman–Crippen LogP) is 0.538. The number of rotatable bonds is 3. The van der Waals surface area contributed by atoms with Gasteiger partial charge in [0.15, 0.2) is 5.78 Å². The summed E-state index contributed by atoms with van der Waals surface area (Å²) in [7, 11) is 0. The van der Waals surface area contributed by atoms with Gasteiger partial charge in [0.25, 0.3) is 0 Å². The smallest absolute Gasteiger partial charge is 0.319 e. The number of fused-ring (bicyclic) bond motifs is 1. The summed E-state index contributed by atoms with van der Waals surface area (Å²) in [6.45, 7) is 2.02. The van der Waals surface area contributed by atoms with Crippen LogP contribution in [0.4, 0.5) is 10.5 Å². The fourth-order valence-corrected chi connectivity index (χ4v) is 2.73. The van der Waals surface area contributed by atoms with E-state index in [9.17, 15) is 14.7 Å². The zero-order valence-corrected chi connectivity index (χ0v) is 12.1. The molecule has 4 unspecified atom stereocenters. The van der Waals surface area contributed by atoms with Crippen molar-refractivity contribution in [2.45, 2.75) is 31.3 Å². The van der Waals surface area contributed by atoms with Gasteiger partial charge in [-0.25, -0.2) is 4.79 Å². The standard InChI is InChI=1S/C15H18N2O5/c1-8(18)9-2-4-10(5-3-9)16-15(20)17-11-6-21-14-12(19)7-22-13(11)14/h2-5,11-14,19H,6-7H2,1H3,(H2,16,17,20). The summed E-state index contributed by atoms with van der Waals surface area (Å²) in [5, 5.41) is 15.1. The van der Waals surface area contributed by atoms with E-state index in [2.05, 4.69) is 10.6 Å². The molecule has 0 aromatic heterocycles. The molecule has 7 nitrogen and oxygen atoms in total. The van der Waals surface area contributed by atoms with Crippen LogP contribution < -0.4 is 10.6 Å². The van der Waals surface area contributed by atoms with Gasteiger partial charge in [0.1, 0.15) is 18.3 Å². The van der Waals surface area contributed by atoms with Crippen molar-refractivity contribution >= 4 is 17.5 Å². The number of ketones is 1. The molecule has 0 spiro atoms. The van der Waals surface area contributed by atoms with Crippen LogP contribution in [-0.4, -0.2) is 54.5 Å². The van der Waals surface area contributed by atoms with Crippen LogP contribution in [0.3, 0.4) is 0 Å². The molecular formula is C15H18N2O5. The number of carbonyl (C=O) groups is 2. The molecule has 7 heteroatoms. The Bertz CT molecular complexity index is 574. The number of hydrogen-bond acceptors (Lipinski definition) is 5. The van der Waals surface area contributed by atoms with Gasteiger partial charge in [-0.1, -0.05) is 0 Å². The number of nitrogens with one attached hydrogen (secondary N) is 2. The largest absolute Gasteiger partial charge is 0.388 e. The minimum Gasteiger partial charge on any atom is -0.388 e. The predicted molar refractivity (Wildman–Crippen MR) is 77.9 cm³/mol. The van der Waals surface area contributed by atoms with Gasteiger partial charge in [-0.2, -0.15) is 0 Å². The lowest BCUT2D eigenvalue weighted by Gasteiger charge is -2.17. The van der Waals surface area contributed by atoms with E-state index in [1.54, 1.807) is 24.3 Å². The lowest BCUT2D eigenvalue weighted by molar-refractivity contribution is 0.0180. The van der Waals surface area contributed by atoms with Crippen LogP contribution in [0.5, 0.6) is 0 Å². The van der Waals surface area contributed by atoms with Gasteiger partial charge < -0.3 is 25.2 Å². The number of anilines is 1. The van der Waals surface area contributed by atoms with Gasteiger partial charge in [0.05, 0.1) is 19.3 Å². The molecule has 4 atom stereocenters. The normalized spacial score (nSPS) is 29.9. The molecule has 2 aliphatic rings. The summed E-state index contributed by atoms with van der Waals surface area (Å²) in [5.74, 6) is -0.0258. The number of aliphatic hydroxyl groups excluding tert-OH is 1. The third-order valence-electron chi connectivity index (χ3n) is 3.89. The fourth-order valence-electron chi connectivity index (χ4n) is 2.73. The summed E-state index contributed by atoms with van der Waals surface area (Å²) < 4.78 is 10.9. The molecule has 0 saturated carbocycles. The van der Waals surface area contributed by atoms with Gasteiger partial charge in [-0.05, 0) is 31.2 Å². The number of hydrogen-bond donors (Lipinski definition) is 3. The summed E-state index contributed by atoms with van der Waals surface area (Å²) >= 11 is 0. The monoisotopic (exact) mass is 306 g/mol. The van der Waals surface area contributed by atoms with E-state index >= 15 is 0 Å². The van der Waals surface area contributed by atoms with Crippen LogP contribution >= 0.6 is 0 Å². The summed E-state index contributed by atoms with van der Waals surface area (Å²) in [4.78, 5) is 23.2. The van der Waals surface area contributed by atoms with Crippen molar-refractivity contribution in [3.63, 3.8) is 0 Å². The third kappa shape index (κ3) is 2.96. The molecule has 2 fully saturated rings.